The van der Waals surface area contributed by atoms with Crippen LogP contribution in [0.15, 0.2) is 46.7 Å². The van der Waals surface area contributed by atoms with E-state index in [1.165, 1.54) is 22.5 Å². The molecule has 0 atom stereocenters. The molecule has 0 aliphatic carbocycles. The van der Waals surface area contributed by atoms with Crippen molar-refractivity contribution in [3.63, 3.8) is 0 Å². The van der Waals surface area contributed by atoms with Crippen molar-refractivity contribution in [2.75, 3.05) is 13.1 Å². The molecule has 0 radical (unpaired) electrons. The van der Waals surface area contributed by atoms with Crippen LogP contribution >= 0.6 is 11.3 Å². The lowest BCUT2D eigenvalue weighted by molar-refractivity contribution is -0.121. The lowest BCUT2D eigenvalue weighted by Crippen LogP contribution is -2.39. The van der Waals surface area contributed by atoms with Crippen molar-refractivity contribution < 1.29 is 17.6 Å². The number of hydrogen-bond acceptors (Lipinski definition) is 4. The molecule has 8 heteroatoms. The van der Waals surface area contributed by atoms with Crippen LogP contribution < -0.4 is 5.32 Å². The number of amides is 1. The molecule has 1 aliphatic heterocycles. The van der Waals surface area contributed by atoms with Crippen LogP contribution in [0.3, 0.4) is 0 Å². The molecule has 146 valence electrons. The Morgan fingerprint density at radius 3 is 2.59 bits per heavy atom. The normalized spacial score (nSPS) is 16.3. The number of nitrogens with one attached hydrogen (secondary N) is 1. The highest BCUT2D eigenvalue weighted by Crippen LogP contribution is 2.27. The largest absolute Gasteiger partial charge is 0.351 e. The molecule has 3 rings (SSSR count). The van der Waals surface area contributed by atoms with Crippen LogP contribution in [-0.4, -0.2) is 31.7 Å². The Labute approximate surface area is 163 Å². The van der Waals surface area contributed by atoms with Crippen LogP contribution in [0, 0.1) is 11.7 Å². The quantitative estimate of drug-likeness (QED) is 0.761. The highest BCUT2D eigenvalue weighted by atomic mass is 32.2. The van der Waals surface area contributed by atoms with Gasteiger partial charge in [0, 0.05) is 24.4 Å². The first kappa shape index (κ1) is 20.0. The van der Waals surface area contributed by atoms with Gasteiger partial charge in [-0.3, -0.25) is 4.79 Å². The van der Waals surface area contributed by atoms with E-state index >= 15 is 0 Å². The standard InChI is InChI=1S/C19H23FN2O3S2/c20-17-5-1-2-6-18(17)27(24,25)22-11-9-15(10-12-22)7-8-19(23)21-14-16-4-3-13-26-16/h1-6,13,15H,7-12,14H2,(H,21,23). The fourth-order valence-electron chi connectivity index (χ4n) is 3.25. The Balaban J connectivity index is 1.45. The predicted octanol–water partition coefficient (Wildman–Crippen LogP) is 3.38. The second kappa shape index (κ2) is 8.95. The highest BCUT2D eigenvalue weighted by Gasteiger charge is 2.31. The molecule has 1 N–H and O–H groups in total. The average molecular weight is 411 g/mol. The van der Waals surface area contributed by atoms with Crippen LogP contribution in [0.25, 0.3) is 0 Å². The minimum atomic E-state index is -3.80. The molecule has 0 unspecified atom stereocenters. The first-order valence-electron chi connectivity index (χ1n) is 9.00. The van der Waals surface area contributed by atoms with Crippen molar-refractivity contribution in [1.82, 2.24) is 9.62 Å². The van der Waals surface area contributed by atoms with Gasteiger partial charge < -0.3 is 5.32 Å². The third-order valence-electron chi connectivity index (χ3n) is 4.85. The summed E-state index contributed by atoms with van der Waals surface area (Å²) >= 11 is 1.61. The molecule has 1 saturated heterocycles. The van der Waals surface area contributed by atoms with E-state index in [0.717, 1.165) is 17.4 Å². The Hall–Kier alpha value is -1.77. The van der Waals surface area contributed by atoms with Crippen molar-refractivity contribution in [2.45, 2.75) is 37.1 Å². The molecule has 2 heterocycles. The summed E-state index contributed by atoms with van der Waals surface area (Å²) in [6.07, 6.45) is 2.55. The van der Waals surface area contributed by atoms with Gasteiger partial charge in [0.1, 0.15) is 10.7 Å². The fourth-order valence-corrected chi connectivity index (χ4v) is 5.43. The van der Waals surface area contributed by atoms with Gasteiger partial charge in [0.15, 0.2) is 0 Å². The summed E-state index contributed by atoms with van der Waals surface area (Å²) in [5.74, 6) is -0.392. The molecule has 1 aromatic carbocycles. The number of rotatable bonds is 7. The van der Waals surface area contributed by atoms with Gasteiger partial charge in [-0.05, 0) is 48.8 Å². The van der Waals surface area contributed by atoms with Gasteiger partial charge in [-0.1, -0.05) is 18.2 Å². The summed E-state index contributed by atoms with van der Waals surface area (Å²) in [7, 11) is -3.80. The number of hydrogen-bond donors (Lipinski definition) is 1. The molecule has 1 aromatic heterocycles. The minimum Gasteiger partial charge on any atom is -0.351 e. The summed E-state index contributed by atoms with van der Waals surface area (Å²) in [5, 5.41) is 4.89. The number of benzene rings is 1. The molecule has 1 fully saturated rings. The van der Waals surface area contributed by atoms with Crippen LogP contribution in [0.2, 0.25) is 0 Å². The van der Waals surface area contributed by atoms with Gasteiger partial charge in [0.05, 0.1) is 6.54 Å². The maximum atomic E-state index is 13.9. The van der Waals surface area contributed by atoms with E-state index in [-0.39, 0.29) is 10.8 Å². The number of halogens is 1. The van der Waals surface area contributed by atoms with E-state index in [1.54, 1.807) is 11.3 Å². The Morgan fingerprint density at radius 2 is 1.93 bits per heavy atom. The van der Waals surface area contributed by atoms with Crippen LogP contribution in [-0.2, 0) is 21.4 Å². The molecule has 27 heavy (non-hydrogen) atoms. The third kappa shape index (κ3) is 5.15. The SMILES string of the molecule is O=C(CCC1CCN(S(=O)(=O)c2ccccc2F)CC1)NCc1cccs1. The van der Waals surface area contributed by atoms with Crippen molar-refractivity contribution in [2.24, 2.45) is 5.92 Å². The molecular weight excluding hydrogens is 387 g/mol. The molecule has 0 saturated carbocycles. The summed E-state index contributed by atoms with van der Waals surface area (Å²) < 4.78 is 40.4. The first-order chi connectivity index (χ1) is 13.0. The summed E-state index contributed by atoms with van der Waals surface area (Å²) in [4.78, 5) is 12.8. The number of carbonyl (C=O) groups is 1. The number of sulfonamides is 1. The second-order valence-electron chi connectivity index (χ2n) is 6.67. The predicted molar refractivity (Wildman–Crippen MR) is 103 cm³/mol. The monoisotopic (exact) mass is 410 g/mol. The molecule has 0 spiro atoms. The third-order valence-corrected chi connectivity index (χ3v) is 7.66. The zero-order valence-corrected chi connectivity index (χ0v) is 16.6. The maximum Gasteiger partial charge on any atom is 0.245 e. The van der Waals surface area contributed by atoms with Crippen molar-refractivity contribution in [3.8, 4) is 0 Å². The lowest BCUT2D eigenvalue weighted by Gasteiger charge is -2.31. The first-order valence-corrected chi connectivity index (χ1v) is 11.3. The van der Waals surface area contributed by atoms with Crippen LogP contribution in [0.1, 0.15) is 30.6 Å². The summed E-state index contributed by atoms with van der Waals surface area (Å²) in [6.45, 7) is 1.27. The van der Waals surface area contributed by atoms with Gasteiger partial charge >= 0.3 is 0 Å². The van der Waals surface area contributed by atoms with Crippen LogP contribution in [0.4, 0.5) is 4.39 Å². The number of nitrogens with zero attached hydrogens (tertiary/aromatic N) is 1. The number of carbonyl (C=O) groups excluding carboxylic acids is 1. The van der Waals surface area contributed by atoms with E-state index in [1.807, 2.05) is 17.5 Å². The number of piperidine rings is 1. The van der Waals surface area contributed by atoms with Gasteiger partial charge in [-0.25, -0.2) is 12.8 Å². The van der Waals surface area contributed by atoms with Gasteiger partial charge in [0.25, 0.3) is 0 Å². The van der Waals surface area contributed by atoms with Gasteiger partial charge in [-0.15, -0.1) is 11.3 Å². The zero-order valence-electron chi connectivity index (χ0n) is 14.9. The molecule has 2 aromatic rings. The van der Waals surface area contributed by atoms with E-state index in [4.69, 9.17) is 0 Å². The second-order valence-corrected chi connectivity index (χ2v) is 9.61. The van der Waals surface area contributed by atoms with E-state index in [9.17, 15) is 17.6 Å². The number of thiophene rings is 1. The van der Waals surface area contributed by atoms with Crippen molar-refractivity contribution >= 4 is 27.3 Å². The summed E-state index contributed by atoms with van der Waals surface area (Å²) in [5.41, 5.74) is 0. The highest BCUT2D eigenvalue weighted by molar-refractivity contribution is 7.89. The smallest absolute Gasteiger partial charge is 0.245 e. The van der Waals surface area contributed by atoms with Crippen molar-refractivity contribution in [1.29, 1.82) is 0 Å². The van der Waals surface area contributed by atoms with Gasteiger partial charge in [0.2, 0.25) is 15.9 Å². The lowest BCUT2D eigenvalue weighted by atomic mass is 9.93. The molecular formula is C19H23FN2O3S2. The van der Waals surface area contributed by atoms with E-state index in [2.05, 4.69) is 5.32 Å². The average Bonchev–Trinajstić information content (AvgIpc) is 3.19. The van der Waals surface area contributed by atoms with Crippen molar-refractivity contribution in [3.05, 3.63) is 52.5 Å². The van der Waals surface area contributed by atoms with E-state index in [0.29, 0.717) is 44.8 Å². The Kier molecular flexibility index (Phi) is 6.62. The molecule has 5 nitrogen and oxygen atoms in total. The Bertz CT molecular complexity index is 861. The summed E-state index contributed by atoms with van der Waals surface area (Å²) in [6, 6.07) is 9.40. The molecule has 1 aliphatic rings. The fraction of sp³-hybridized carbons (Fsp3) is 0.421. The zero-order chi connectivity index (χ0) is 19.3. The van der Waals surface area contributed by atoms with Gasteiger partial charge in [-0.2, -0.15) is 4.31 Å². The molecule has 1 amide bonds. The molecule has 0 bridgehead atoms. The topological polar surface area (TPSA) is 66.5 Å². The minimum absolute atomic E-state index is 0.0183. The maximum absolute atomic E-state index is 13.9. The Morgan fingerprint density at radius 1 is 1.19 bits per heavy atom. The van der Waals surface area contributed by atoms with E-state index < -0.39 is 15.8 Å². The van der Waals surface area contributed by atoms with Crippen LogP contribution in [0.5, 0.6) is 0 Å².